The van der Waals surface area contributed by atoms with Crippen LogP contribution >= 0.6 is 11.6 Å². The summed E-state index contributed by atoms with van der Waals surface area (Å²) < 4.78 is 15.8. The lowest BCUT2D eigenvalue weighted by Gasteiger charge is -2.09. The van der Waals surface area contributed by atoms with Crippen LogP contribution in [0.5, 0.6) is 5.75 Å². The standard InChI is InChI=1S/C19H16ClNO5/c20-13-6-8-15(9-7-13)24-10-11-25-19(23)17-16(22)12-26-18(17)21-14-4-2-1-3-5-14/h1-9,21H,10-12H2. The van der Waals surface area contributed by atoms with Gasteiger partial charge in [0.05, 0.1) is 0 Å². The molecule has 0 saturated carbocycles. The molecule has 0 aliphatic carbocycles. The molecule has 0 atom stereocenters. The summed E-state index contributed by atoms with van der Waals surface area (Å²) in [5.74, 6) is -0.459. The number of hydrogen-bond donors (Lipinski definition) is 1. The van der Waals surface area contributed by atoms with Gasteiger partial charge in [-0.05, 0) is 36.4 Å². The molecule has 0 aromatic heterocycles. The molecular weight excluding hydrogens is 358 g/mol. The molecule has 0 bridgehead atoms. The Morgan fingerprint density at radius 2 is 1.81 bits per heavy atom. The van der Waals surface area contributed by atoms with E-state index in [0.29, 0.717) is 16.5 Å². The van der Waals surface area contributed by atoms with E-state index in [2.05, 4.69) is 5.32 Å². The number of Topliss-reactive ketones (excluding diaryl/α,β-unsaturated/α-hetero) is 1. The number of rotatable bonds is 7. The minimum atomic E-state index is -0.745. The third-order valence-corrected chi connectivity index (χ3v) is 3.74. The molecule has 3 rings (SSSR count). The summed E-state index contributed by atoms with van der Waals surface area (Å²) in [6, 6.07) is 15.9. The lowest BCUT2D eigenvalue weighted by Crippen LogP contribution is -2.19. The fourth-order valence-corrected chi connectivity index (χ4v) is 2.39. The number of carbonyl (C=O) groups excluding carboxylic acids is 2. The van der Waals surface area contributed by atoms with Gasteiger partial charge in [0, 0.05) is 10.7 Å². The average molecular weight is 374 g/mol. The second-order valence-corrected chi connectivity index (χ2v) is 5.78. The molecule has 1 aliphatic rings. The van der Waals surface area contributed by atoms with Crippen molar-refractivity contribution in [3.05, 3.63) is 71.1 Å². The number of nitrogens with one attached hydrogen (secondary N) is 1. The summed E-state index contributed by atoms with van der Waals surface area (Å²) in [5, 5.41) is 3.52. The summed E-state index contributed by atoms with van der Waals surface area (Å²) in [5.41, 5.74) is 0.578. The number of esters is 1. The van der Waals surface area contributed by atoms with Crippen LogP contribution in [0.25, 0.3) is 0 Å². The van der Waals surface area contributed by atoms with E-state index >= 15 is 0 Å². The van der Waals surface area contributed by atoms with Crippen molar-refractivity contribution in [1.29, 1.82) is 0 Å². The Hall–Kier alpha value is -2.99. The maximum Gasteiger partial charge on any atom is 0.347 e. The summed E-state index contributed by atoms with van der Waals surface area (Å²) in [4.78, 5) is 24.2. The van der Waals surface area contributed by atoms with Crippen LogP contribution in [0.3, 0.4) is 0 Å². The first kappa shape index (κ1) is 17.8. The molecule has 134 valence electrons. The van der Waals surface area contributed by atoms with Crippen molar-refractivity contribution < 1.29 is 23.8 Å². The number of ether oxygens (including phenoxy) is 3. The van der Waals surface area contributed by atoms with Gasteiger partial charge >= 0.3 is 5.97 Å². The number of hydrogen-bond acceptors (Lipinski definition) is 6. The molecule has 0 fully saturated rings. The largest absolute Gasteiger partial charge is 0.490 e. The molecule has 1 heterocycles. The zero-order chi connectivity index (χ0) is 18.4. The van der Waals surface area contributed by atoms with Crippen LogP contribution in [0.1, 0.15) is 0 Å². The molecule has 1 aliphatic heterocycles. The molecule has 26 heavy (non-hydrogen) atoms. The smallest absolute Gasteiger partial charge is 0.347 e. The maximum atomic E-state index is 12.2. The van der Waals surface area contributed by atoms with Crippen LogP contribution in [0.4, 0.5) is 5.69 Å². The lowest BCUT2D eigenvalue weighted by atomic mass is 10.2. The Balaban J connectivity index is 1.55. The quantitative estimate of drug-likeness (QED) is 0.456. The van der Waals surface area contributed by atoms with Gasteiger partial charge in [-0.25, -0.2) is 4.79 Å². The summed E-state index contributed by atoms with van der Waals surface area (Å²) in [7, 11) is 0. The first-order valence-corrected chi connectivity index (χ1v) is 8.29. The van der Waals surface area contributed by atoms with E-state index in [1.54, 1.807) is 36.4 Å². The van der Waals surface area contributed by atoms with E-state index in [1.165, 1.54) is 0 Å². The van der Waals surface area contributed by atoms with E-state index in [0.717, 1.165) is 0 Å². The van der Waals surface area contributed by atoms with Gasteiger partial charge in [-0.1, -0.05) is 29.8 Å². The van der Waals surface area contributed by atoms with E-state index < -0.39 is 11.8 Å². The van der Waals surface area contributed by atoms with Crippen LogP contribution in [-0.2, 0) is 19.1 Å². The molecule has 0 saturated heterocycles. The minimum absolute atomic E-state index is 0.00312. The second-order valence-electron chi connectivity index (χ2n) is 5.35. The Bertz CT molecular complexity index is 818. The predicted molar refractivity (Wildman–Crippen MR) is 96.0 cm³/mol. The fourth-order valence-electron chi connectivity index (χ4n) is 2.26. The number of para-hydroxylation sites is 1. The van der Waals surface area contributed by atoms with Gasteiger partial charge < -0.3 is 19.5 Å². The van der Waals surface area contributed by atoms with Crippen molar-refractivity contribution in [3.8, 4) is 5.75 Å². The van der Waals surface area contributed by atoms with Gasteiger partial charge in [0.2, 0.25) is 11.7 Å². The highest BCUT2D eigenvalue weighted by molar-refractivity contribution is 6.30. The van der Waals surface area contributed by atoms with Crippen molar-refractivity contribution in [2.45, 2.75) is 0 Å². The molecule has 2 aromatic carbocycles. The topological polar surface area (TPSA) is 73.9 Å². The van der Waals surface area contributed by atoms with Gasteiger partial charge in [0.1, 0.15) is 19.0 Å². The van der Waals surface area contributed by atoms with Crippen LogP contribution in [-0.4, -0.2) is 31.6 Å². The Morgan fingerprint density at radius 3 is 2.54 bits per heavy atom. The molecule has 1 N–H and O–H groups in total. The SMILES string of the molecule is O=C1COC(Nc2ccccc2)=C1C(=O)OCCOc1ccc(Cl)cc1. The van der Waals surface area contributed by atoms with Gasteiger partial charge in [-0.2, -0.15) is 0 Å². The maximum absolute atomic E-state index is 12.2. The normalized spacial score (nSPS) is 13.3. The number of carbonyl (C=O) groups is 2. The van der Waals surface area contributed by atoms with Crippen LogP contribution in [0.15, 0.2) is 66.1 Å². The molecule has 0 spiro atoms. The second kappa shape index (κ2) is 8.40. The summed E-state index contributed by atoms with van der Waals surface area (Å²) >= 11 is 5.79. The molecule has 0 amide bonds. The molecular formula is C19H16ClNO5. The summed E-state index contributed by atoms with van der Waals surface area (Å²) in [6.07, 6.45) is 0. The Morgan fingerprint density at radius 1 is 1.08 bits per heavy atom. The molecule has 0 unspecified atom stereocenters. The van der Waals surface area contributed by atoms with Crippen LogP contribution in [0.2, 0.25) is 5.02 Å². The lowest BCUT2D eigenvalue weighted by molar-refractivity contribution is -0.140. The highest BCUT2D eigenvalue weighted by Gasteiger charge is 2.32. The van der Waals surface area contributed by atoms with Crippen molar-refractivity contribution >= 4 is 29.0 Å². The van der Waals surface area contributed by atoms with Crippen molar-refractivity contribution in [2.24, 2.45) is 0 Å². The first-order valence-electron chi connectivity index (χ1n) is 7.91. The van der Waals surface area contributed by atoms with Gasteiger partial charge in [-0.3, -0.25) is 4.79 Å². The molecule has 6 nitrogen and oxygen atoms in total. The first-order chi connectivity index (χ1) is 12.6. The number of halogens is 1. The summed E-state index contributed by atoms with van der Waals surface area (Å²) in [6.45, 7) is -0.0467. The van der Waals surface area contributed by atoms with E-state index in [4.69, 9.17) is 25.8 Å². The van der Waals surface area contributed by atoms with E-state index in [9.17, 15) is 9.59 Å². The monoisotopic (exact) mass is 373 g/mol. The average Bonchev–Trinajstić information content (AvgIpc) is 3.01. The number of ketones is 1. The van der Waals surface area contributed by atoms with E-state index in [1.807, 2.05) is 18.2 Å². The van der Waals surface area contributed by atoms with Gasteiger partial charge in [0.15, 0.2) is 12.2 Å². The van der Waals surface area contributed by atoms with Crippen molar-refractivity contribution in [2.75, 3.05) is 25.1 Å². The molecule has 7 heteroatoms. The van der Waals surface area contributed by atoms with Crippen molar-refractivity contribution in [3.63, 3.8) is 0 Å². The van der Waals surface area contributed by atoms with Crippen molar-refractivity contribution in [1.82, 2.24) is 0 Å². The fraction of sp³-hybridized carbons (Fsp3) is 0.158. The predicted octanol–water partition coefficient (Wildman–Crippen LogP) is 3.19. The highest BCUT2D eigenvalue weighted by Crippen LogP contribution is 2.20. The Kier molecular flexibility index (Phi) is 5.76. The zero-order valence-corrected chi connectivity index (χ0v) is 14.5. The van der Waals surface area contributed by atoms with Gasteiger partial charge in [-0.15, -0.1) is 0 Å². The van der Waals surface area contributed by atoms with Crippen LogP contribution in [0, 0.1) is 0 Å². The molecule has 0 radical (unpaired) electrons. The third-order valence-electron chi connectivity index (χ3n) is 3.49. The highest BCUT2D eigenvalue weighted by atomic mass is 35.5. The van der Waals surface area contributed by atoms with Gasteiger partial charge in [0.25, 0.3) is 0 Å². The number of benzene rings is 2. The van der Waals surface area contributed by atoms with E-state index in [-0.39, 0.29) is 31.3 Å². The number of anilines is 1. The van der Waals surface area contributed by atoms with Crippen LogP contribution < -0.4 is 10.1 Å². The third kappa shape index (κ3) is 4.55. The molecule has 2 aromatic rings. The minimum Gasteiger partial charge on any atom is -0.490 e. The Labute approximate surface area is 155 Å². The zero-order valence-electron chi connectivity index (χ0n) is 13.7.